The molecule has 0 saturated carbocycles. The van der Waals surface area contributed by atoms with Crippen LogP contribution in [0.3, 0.4) is 0 Å². The highest BCUT2D eigenvalue weighted by Gasteiger charge is 2.14. The van der Waals surface area contributed by atoms with Gasteiger partial charge in [-0.2, -0.15) is 0 Å². The fourth-order valence-electron chi connectivity index (χ4n) is 2.29. The minimum atomic E-state index is -0.338. The zero-order valence-electron chi connectivity index (χ0n) is 12.0. The Morgan fingerprint density at radius 2 is 1.91 bits per heavy atom. The standard InChI is InChI=1S/C14H14N6O2/c1-15-13(21)19-9-5-6-17-8-3-4-10-12(11(8)9)18-7-20(10)14(22)16-2/h3-7H,1-2H3,(H,16,22)(H2,15,17,19,21). The summed E-state index contributed by atoms with van der Waals surface area (Å²) in [6.45, 7) is 0. The van der Waals surface area contributed by atoms with Gasteiger partial charge in [0.05, 0.1) is 22.1 Å². The molecular weight excluding hydrogens is 284 g/mol. The topological polar surface area (TPSA) is 101 Å². The van der Waals surface area contributed by atoms with Gasteiger partial charge in [0.25, 0.3) is 0 Å². The molecule has 0 atom stereocenters. The van der Waals surface area contributed by atoms with Crippen LogP contribution in [0.25, 0.3) is 21.9 Å². The highest BCUT2D eigenvalue weighted by Crippen LogP contribution is 2.29. The summed E-state index contributed by atoms with van der Waals surface area (Å²) in [5.74, 6) is 0. The summed E-state index contributed by atoms with van der Waals surface area (Å²) in [5.41, 5.74) is 2.50. The fourth-order valence-corrected chi connectivity index (χ4v) is 2.29. The first-order chi connectivity index (χ1) is 10.7. The second kappa shape index (κ2) is 5.32. The van der Waals surface area contributed by atoms with E-state index in [0.717, 1.165) is 0 Å². The van der Waals surface area contributed by atoms with Crippen molar-refractivity contribution in [2.24, 2.45) is 0 Å². The average Bonchev–Trinajstić information content (AvgIpc) is 2.98. The van der Waals surface area contributed by atoms with Crippen molar-refractivity contribution in [2.75, 3.05) is 19.4 Å². The lowest BCUT2D eigenvalue weighted by Gasteiger charge is -2.08. The number of pyridine rings is 1. The number of benzene rings is 1. The number of nitrogens with zero attached hydrogens (tertiary/aromatic N) is 3. The summed E-state index contributed by atoms with van der Waals surface area (Å²) in [6.07, 6.45) is 3.05. The fraction of sp³-hybridized carbons (Fsp3) is 0.143. The van der Waals surface area contributed by atoms with E-state index in [1.807, 2.05) is 0 Å². The molecule has 3 aromatic rings. The summed E-state index contributed by atoms with van der Waals surface area (Å²) >= 11 is 0. The van der Waals surface area contributed by atoms with Crippen molar-refractivity contribution < 1.29 is 9.59 Å². The van der Waals surface area contributed by atoms with E-state index in [0.29, 0.717) is 27.6 Å². The summed E-state index contributed by atoms with van der Waals surface area (Å²) in [7, 11) is 3.09. The number of carbonyl (C=O) groups is 2. The van der Waals surface area contributed by atoms with Crippen LogP contribution < -0.4 is 16.0 Å². The summed E-state index contributed by atoms with van der Waals surface area (Å²) in [5, 5.41) is 8.48. The van der Waals surface area contributed by atoms with E-state index in [4.69, 9.17) is 0 Å². The van der Waals surface area contributed by atoms with Crippen molar-refractivity contribution >= 4 is 39.7 Å². The number of hydrogen-bond acceptors (Lipinski definition) is 4. The van der Waals surface area contributed by atoms with Gasteiger partial charge in [-0.1, -0.05) is 0 Å². The zero-order chi connectivity index (χ0) is 15.7. The normalized spacial score (nSPS) is 10.6. The molecule has 0 unspecified atom stereocenters. The summed E-state index contributed by atoms with van der Waals surface area (Å²) in [6, 6.07) is 4.63. The van der Waals surface area contributed by atoms with Crippen LogP contribution >= 0.6 is 0 Å². The van der Waals surface area contributed by atoms with Gasteiger partial charge in [-0.25, -0.2) is 14.6 Å². The molecule has 3 N–H and O–H groups in total. The lowest BCUT2D eigenvalue weighted by Crippen LogP contribution is -2.24. The molecule has 22 heavy (non-hydrogen) atoms. The minimum absolute atomic E-state index is 0.286. The van der Waals surface area contributed by atoms with Gasteiger partial charge in [-0.05, 0) is 18.2 Å². The molecule has 0 spiro atoms. The highest BCUT2D eigenvalue weighted by molar-refractivity contribution is 6.13. The quantitative estimate of drug-likeness (QED) is 0.634. The molecule has 8 heteroatoms. The van der Waals surface area contributed by atoms with E-state index in [1.54, 1.807) is 31.4 Å². The number of urea groups is 1. The molecule has 0 saturated heterocycles. The Kier molecular flexibility index (Phi) is 3.34. The molecule has 0 aliphatic carbocycles. The van der Waals surface area contributed by atoms with E-state index < -0.39 is 0 Å². The third-order valence-electron chi connectivity index (χ3n) is 3.33. The largest absolute Gasteiger partial charge is 0.341 e. The van der Waals surface area contributed by atoms with Crippen LogP contribution in [0.15, 0.2) is 30.7 Å². The summed E-state index contributed by atoms with van der Waals surface area (Å²) < 4.78 is 1.41. The SMILES string of the molecule is CNC(=O)Nc1ccnc2ccc3c(ncn3C(=O)NC)c12. The van der Waals surface area contributed by atoms with Crippen LogP contribution in [0.1, 0.15) is 0 Å². The first-order valence-electron chi connectivity index (χ1n) is 6.61. The lowest BCUT2D eigenvalue weighted by molar-refractivity contribution is 0.245. The maximum atomic E-state index is 11.9. The predicted molar refractivity (Wildman–Crippen MR) is 83.0 cm³/mol. The van der Waals surface area contributed by atoms with Crippen molar-refractivity contribution in [3.05, 3.63) is 30.7 Å². The number of aromatic nitrogens is 3. The Labute approximate surface area is 125 Å². The van der Waals surface area contributed by atoms with Gasteiger partial charge in [0.1, 0.15) is 11.8 Å². The number of imidazole rings is 1. The van der Waals surface area contributed by atoms with Gasteiger partial charge in [0.15, 0.2) is 0 Å². The maximum Gasteiger partial charge on any atom is 0.327 e. The van der Waals surface area contributed by atoms with E-state index in [-0.39, 0.29) is 12.1 Å². The Balaban J connectivity index is 2.28. The number of fused-ring (bicyclic) bond motifs is 3. The van der Waals surface area contributed by atoms with Gasteiger partial charge in [0.2, 0.25) is 0 Å². The molecular formula is C14H14N6O2. The second-order valence-corrected chi connectivity index (χ2v) is 4.56. The predicted octanol–water partition coefficient (Wildman–Crippen LogP) is 1.52. The van der Waals surface area contributed by atoms with Gasteiger partial charge < -0.3 is 16.0 Å². The molecule has 1 aromatic carbocycles. The van der Waals surface area contributed by atoms with Crippen molar-refractivity contribution in [3.63, 3.8) is 0 Å². The smallest absolute Gasteiger partial charge is 0.327 e. The Bertz CT molecular complexity index is 886. The lowest BCUT2D eigenvalue weighted by atomic mass is 10.1. The molecule has 3 amide bonds. The van der Waals surface area contributed by atoms with Crippen LogP contribution in [-0.2, 0) is 0 Å². The van der Waals surface area contributed by atoms with Crippen molar-refractivity contribution in [2.45, 2.75) is 0 Å². The molecule has 0 bridgehead atoms. The molecule has 0 radical (unpaired) electrons. The van der Waals surface area contributed by atoms with Gasteiger partial charge in [0, 0.05) is 20.3 Å². The van der Waals surface area contributed by atoms with E-state index in [9.17, 15) is 9.59 Å². The molecule has 112 valence electrons. The number of nitrogens with one attached hydrogen (secondary N) is 3. The van der Waals surface area contributed by atoms with Crippen LogP contribution in [0.5, 0.6) is 0 Å². The van der Waals surface area contributed by atoms with Crippen LogP contribution in [0.4, 0.5) is 15.3 Å². The summed E-state index contributed by atoms with van der Waals surface area (Å²) in [4.78, 5) is 32.0. The number of anilines is 1. The first-order valence-corrected chi connectivity index (χ1v) is 6.61. The van der Waals surface area contributed by atoms with Crippen LogP contribution in [0.2, 0.25) is 0 Å². The van der Waals surface area contributed by atoms with Gasteiger partial charge >= 0.3 is 12.1 Å². The minimum Gasteiger partial charge on any atom is -0.341 e. The Hall–Kier alpha value is -3.16. The van der Waals surface area contributed by atoms with E-state index in [1.165, 1.54) is 17.9 Å². The second-order valence-electron chi connectivity index (χ2n) is 4.56. The molecule has 3 rings (SSSR count). The molecule has 0 aliphatic heterocycles. The number of rotatable bonds is 1. The maximum absolute atomic E-state index is 11.9. The first kappa shape index (κ1) is 13.8. The third-order valence-corrected chi connectivity index (χ3v) is 3.33. The Morgan fingerprint density at radius 3 is 2.64 bits per heavy atom. The Morgan fingerprint density at radius 1 is 1.09 bits per heavy atom. The van der Waals surface area contributed by atoms with Crippen LogP contribution in [-0.4, -0.2) is 40.7 Å². The molecule has 0 aliphatic rings. The van der Waals surface area contributed by atoms with Crippen molar-refractivity contribution in [1.82, 2.24) is 25.2 Å². The zero-order valence-corrected chi connectivity index (χ0v) is 12.0. The van der Waals surface area contributed by atoms with Gasteiger partial charge in [-0.3, -0.25) is 9.55 Å². The number of carbonyl (C=O) groups excluding carboxylic acids is 2. The average molecular weight is 298 g/mol. The monoisotopic (exact) mass is 298 g/mol. The highest BCUT2D eigenvalue weighted by atomic mass is 16.2. The molecule has 2 aromatic heterocycles. The molecule has 8 nitrogen and oxygen atoms in total. The van der Waals surface area contributed by atoms with Crippen LogP contribution in [0, 0.1) is 0 Å². The number of hydrogen-bond donors (Lipinski definition) is 3. The van der Waals surface area contributed by atoms with Crippen molar-refractivity contribution in [1.29, 1.82) is 0 Å². The third kappa shape index (κ3) is 2.10. The van der Waals surface area contributed by atoms with E-state index >= 15 is 0 Å². The number of amides is 3. The van der Waals surface area contributed by atoms with E-state index in [2.05, 4.69) is 25.9 Å². The molecule has 0 fully saturated rings. The molecule has 2 heterocycles. The van der Waals surface area contributed by atoms with Crippen molar-refractivity contribution in [3.8, 4) is 0 Å². The van der Waals surface area contributed by atoms with Gasteiger partial charge in [-0.15, -0.1) is 0 Å².